The average Bonchev–Trinajstić information content (AvgIpc) is 3.03. The normalized spacial score (nSPS) is 16.8. The van der Waals surface area contributed by atoms with E-state index in [9.17, 15) is 24.5 Å². The molecule has 166 valence electrons. The minimum atomic E-state index is -0.701. The van der Waals surface area contributed by atoms with Crippen LogP contribution in [0.1, 0.15) is 20.3 Å². The predicted molar refractivity (Wildman–Crippen MR) is 120 cm³/mol. The van der Waals surface area contributed by atoms with Crippen LogP contribution in [0.25, 0.3) is 0 Å². The van der Waals surface area contributed by atoms with Gasteiger partial charge in [-0.05, 0) is 25.1 Å². The van der Waals surface area contributed by atoms with Crippen molar-refractivity contribution in [2.75, 3.05) is 11.9 Å². The van der Waals surface area contributed by atoms with E-state index in [2.05, 4.69) is 10.3 Å². The summed E-state index contributed by atoms with van der Waals surface area (Å²) >= 11 is 1.12. The number of carbonyl (C=O) groups is 3. The van der Waals surface area contributed by atoms with Gasteiger partial charge in [-0.15, -0.1) is 0 Å². The maximum Gasteiger partial charge on any atom is 0.308 e. The first-order valence-corrected chi connectivity index (χ1v) is 10.5. The van der Waals surface area contributed by atoms with Crippen molar-refractivity contribution in [3.63, 3.8) is 0 Å². The molecule has 0 aliphatic carbocycles. The van der Waals surface area contributed by atoms with E-state index in [1.807, 2.05) is 0 Å². The summed E-state index contributed by atoms with van der Waals surface area (Å²) in [7, 11) is 0. The molecule has 0 aromatic heterocycles. The molecule has 10 nitrogen and oxygen atoms in total. The van der Waals surface area contributed by atoms with Crippen LogP contribution in [0, 0.1) is 10.1 Å². The third kappa shape index (κ3) is 5.49. The van der Waals surface area contributed by atoms with Crippen molar-refractivity contribution in [2.45, 2.75) is 25.5 Å². The van der Waals surface area contributed by atoms with Gasteiger partial charge in [0.1, 0.15) is 5.25 Å². The van der Waals surface area contributed by atoms with E-state index < -0.39 is 22.0 Å². The number of rotatable bonds is 7. The zero-order chi connectivity index (χ0) is 23.3. The van der Waals surface area contributed by atoms with Gasteiger partial charge in [-0.25, -0.2) is 4.99 Å². The lowest BCUT2D eigenvalue weighted by molar-refractivity contribution is -0.384. The number of nitro benzene ring substituents is 1. The molecule has 1 fully saturated rings. The van der Waals surface area contributed by atoms with E-state index in [0.29, 0.717) is 23.1 Å². The molecule has 0 spiro atoms. The molecule has 1 N–H and O–H groups in total. The van der Waals surface area contributed by atoms with Gasteiger partial charge in [0.25, 0.3) is 5.69 Å². The van der Waals surface area contributed by atoms with Crippen LogP contribution < -0.4 is 10.1 Å². The van der Waals surface area contributed by atoms with Gasteiger partial charge in [-0.2, -0.15) is 0 Å². The Labute approximate surface area is 187 Å². The van der Waals surface area contributed by atoms with Crippen LogP contribution in [0.15, 0.2) is 53.5 Å². The number of esters is 1. The fourth-order valence-corrected chi connectivity index (χ4v) is 4.21. The van der Waals surface area contributed by atoms with E-state index in [0.717, 1.165) is 11.8 Å². The molecule has 1 saturated heterocycles. The Kier molecular flexibility index (Phi) is 7.21. The summed E-state index contributed by atoms with van der Waals surface area (Å²) in [5.74, 6) is -1.01. The third-order valence-corrected chi connectivity index (χ3v) is 5.56. The molecule has 2 aromatic rings. The predicted octanol–water partition coefficient (Wildman–Crippen LogP) is 3.50. The first-order chi connectivity index (χ1) is 15.3. The summed E-state index contributed by atoms with van der Waals surface area (Å²) in [5, 5.41) is 13.3. The van der Waals surface area contributed by atoms with E-state index in [1.54, 1.807) is 37.3 Å². The highest BCUT2D eigenvalue weighted by atomic mass is 32.2. The van der Waals surface area contributed by atoms with Gasteiger partial charge in [0.15, 0.2) is 10.9 Å². The number of amidine groups is 1. The largest absolute Gasteiger partial charge is 0.424 e. The molecule has 11 heteroatoms. The van der Waals surface area contributed by atoms with Gasteiger partial charge in [0.05, 0.1) is 16.3 Å². The van der Waals surface area contributed by atoms with Crippen molar-refractivity contribution >= 4 is 51.8 Å². The molecule has 32 heavy (non-hydrogen) atoms. The highest BCUT2D eigenvalue weighted by molar-refractivity contribution is 8.15. The van der Waals surface area contributed by atoms with Gasteiger partial charge >= 0.3 is 5.97 Å². The SMILES string of the molecule is CCN1C(=O)C(CC(=O)Nc2ccccc2OC(C)=O)SC1=Nc1cccc([N+](=O)[O-])c1. The second kappa shape index (κ2) is 10.1. The first-order valence-electron chi connectivity index (χ1n) is 9.67. The van der Waals surface area contributed by atoms with Gasteiger partial charge < -0.3 is 10.1 Å². The molecule has 0 radical (unpaired) electrons. The summed E-state index contributed by atoms with van der Waals surface area (Å²) in [5.41, 5.74) is 0.556. The minimum absolute atomic E-state index is 0.105. The molecule has 2 aromatic carbocycles. The van der Waals surface area contributed by atoms with Crippen LogP contribution in [0.5, 0.6) is 5.75 Å². The molecule has 1 heterocycles. The van der Waals surface area contributed by atoms with Gasteiger partial charge in [-0.3, -0.25) is 29.4 Å². The third-order valence-electron chi connectivity index (χ3n) is 4.39. The molecule has 1 aliphatic heterocycles. The number of ether oxygens (including phenoxy) is 1. The molecular weight excluding hydrogens is 436 g/mol. The van der Waals surface area contributed by atoms with Crippen molar-refractivity contribution in [3.05, 3.63) is 58.6 Å². The highest BCUT2D eigenvalue weighted by Gasteiger charge is 2.38. The maximum absolute atomic E-state index is 12.8. The molecule has 3 rings (SSSR count). The Morgan fingerprint density at radius 1 is 1.25 bits per heavy atom. The Morgan fingerprint density at radius 3 is 2.69 bits per heavy atom. The van der Waals surface area contributed by atoms with Crippen LogP contribution in [-0.2, 0) is 14.4 Å². The number of aliphatic imine (C=N–C) groups is 1. The topological polar surface area (TPSA) is 131 Å². The zero-order valence-electron chi connectivity index (χ0n) is 17.3. The summed E-state index contributed by atoms with van der Waals surface area (Å²) in [6.45, 7) is 3.38. The number of nitrogens with zero attached hydrogens (tertiary/aromatic N) is 3. The summed E-state index contributed by atoms with van der Waals surface area (Å²) in [4.78, 5) is 52.9. The Bertz CT molecular complexity index is 1100. The summed E-state index contributed by atoms with van der Waals surface area (Å²) in [6, 6.07) is 12.3. The minimum Gasteiger partial charge on any atom is -0.424 e. The maximum atomic E-state index is 12.8. The smallest absolute Gasteiger partial charge is 0.308 e. The quantitative estimate of drug-likeness (QED) is 0.292. The first kappa shape index (κ1) is 22.9. The van der Waals surface area contributed by atoms with E-state index >= 15 is 0 Å². The Balaban J connectivity index is 1.74. The zero-order valence-corrected chi connectivity index (χ0v) is 18.1. The number of para-hydroxylation sites is 2. The number of anilines is 1. The van der Waals surface area contributed by atoms with Crippen LogP contribution in [-0.4, -0.2) is 44.6 Å². The monoisotopic (exact) mass is 456 g/mol. The van der Waals surface area contributed by atoms with Crippen molar-refractivity contribution < 1.29 is 24.0 Å². The van der Waals surface area contributed by atoms with Gasteiger partial charge in [0.2, 0.25) is 11.8 Å². The van der Waals surface area contributed by atoms with Gasteiger partial charge in [0, 0.05) is 32.0 Å². The number of thioether (sulfide) groups is 1. The van der Waals surface area contributed by atoms with Gasteiger partial charge in [-0.1, -0.05) is 30.0 Å². The lowest BCUT2D eigenvalue weighted by atomic mass is 10.2. The van der Waals surface area contributed by atoms with Crippen molar-refractivity contribution in [3.8, 4) is 5.75 Å². The number of benzene rings is 2. The number of amides is 2. The second-order valence-corrected chi connectivity index (χ2v) is 7.87. The number of nitrogens with one attached hydrogen (secondary N) is 1. The number of hydrogen-bond donors (Lipinski definition) is 1. The molecule has 0 saturated carbocycles. The Hall–Kier alpha value is -3.73. The number of nitro groups is 1. The number of carbonyl (C=O) groups excluding carboxylic acids is 3. The van der Waals surface area contributed by atoms with Crippen LogP contribution in [0.2, 0.25) is 0 Å². The summed E-state index contributed by atoms with van der Waals surface area (Å²) < 4.78 is 5.08. The van der Waals surface area contributed by atoms with E-state index in [-0.39, 0.29) is 23.8 Å². The fourth-order valence-electron chi connectivity index (χ4n) is 2.99. The number of hydrogen-bond acceptors (Lipinski definition) is 8. The van der Waals surface area contributed by atoms with Crippen molar-refractivity contribution in [1.29, 1.82) is 0 Å². The van der Waals surface area contributed by atoms with Crippen molar-refractivity contribution in [2.24, 2.45) is 4.99 Å². The molecule has 1 unspecified atom stereocenters. The van der Waals surface area contributed by atoms with Crippen LogP contribution in [0.3, 0.4) is 0 Å². The lowest BCUT2D eigenvalue weighted by Crippen LogP contribution is -2.33. The molecule has 0 bridgehead atoms. The fraction of sp³-hybridized carbons (Fsp3) is 0.238. The average molecular weight is 456 g/mol. The van der Waals surface area contributed by atoms with Crippen molar-refractivity contribution in [1.82, 2.24) is 4.90 Å². The standard InChI is InChI=1S/C21H20N4O6S/c1-3-24-20(28)18(32-21(24)22-14-7-6-8-15(11-14)25(29)30)12-19(27)23-16-9-4-5-10-17(16)31-13(2)26/h4-11,18H,3,12H2,1-2H3,(H,23,27). The second-order valence-electron chi connectivity index (χ2n) is 6.70. The van der Waals surface area contributed by atoms with Crippen LogP contribution in [0.4, 0.5) is 17.1 Å². The van der Waals surface area contributed by atoms with E-state index in [1.165, 1.54) is 30.0 Å². The van der Waals surface area contributed by atoms with Crippen LogP contribution >= 0.6 is 11.8 Å². The highest BCUT2D eigenvalue weighted by Crippen LogP contribution is 2.33. The summed E-state index contributed by atoms with van der Waals surface area (Å²) in [6.07, 6.45) is -0.123. The Morgan fingerprint density at radius 2 is 2.00 bits per heavy atom. The number of non-ortho nitro benzene ring substituents is 1. The molecular formula is C21H20N4O6S. The van der Waals surface area contributed by atoms with E-state index in [4.69, 9.17) is 4.74 Å². The molecule has 1 atom stereocenters. The molecule has 2 amide bonds. The molecule has 1 aliphatic rings. The lowest BCUT2D eigenvalue weighted by Gasteiger charge is -2.13.